The van der Waals surface area contributed by atoms with Gasteiger partial charge in [-0.1, -0.05) is 60.7 Å². The lowest BCUT2D eigenvalue weighted by atomic mass is 9.94. The normalized spacial score (nSPS) is 12.7. The average Bonchev–Trinajstić information content (AvgIpc) is 3.27. The Kier molecular flexibility index (Phi) is 6.52. The van der Waals surface area contributed by atoms with Gasteiger partial charge < -0.3 is 11.1 Å². The number of carbonyl (C=O) groups is 2. The molecule has 7 nitrogen and oxygen atoms in total. The van der Waals surface area contributed by atoms with Gasteiger partial charge in [0.15, 0.2) is 0 Å². The van der Waals surface area contributed by atoms with Gasteiger partial charge in [0.2, 0.25) is 0 Å². The fourth-order valence-corrected chi connectivity index (χ4v) is 6.05. The van der Waals surface area contributed by atoms with Crippen molar-refractivity contribution < 1.29 is 9.59 Å². The molecule has 5 rings (SSSR count). The maximum Gasteiger partial charge on any atom is 0.280 e. The molecule has 0 radical (unpaired) electrons. The second kappa shape index (κ2) is 9.91. The number of nitrogens with two attached hydrogens (primary N) is 1. The van der Waals surface area contributed by atoms with Crippen molar-refractivity contribution in [2.45, 2.75) is 39.2 Å². The van der Waals surface area contributed by atoms with E-state index in [0.29, 0.717) is 33.9 Å². The van der Waals surface area contributed by atoms with Crippen LogP contribution in [0.2, 0.25) is 0 Å². The molecule has 8 heteroatoms. The van der Waals surface area contributed by atoms with Crippen LogP contribution in [0.3, 0.4) is 0 Å². The summed E-state index contributed by atoms with van der Waals surface area (Å²) in [7, 11) is 0. The maximum absolute atomic E-state index is 13.9. The zero-order valence-electron chi connectivity index (χ0n) is 19.9. The number of hydrogen-bond donors (Lipinski definition) is 2. The summed E-state index contributed by atoms with van der Waals surface area (Å²) in [6.07, 6.45) is 3.61. The Morgan fingerprint density at radius 1 is 0.972 bits per heavy atom. The molecule has 2 aromatic heterocycles. The first kappa shape index (κ1) is 23.7. The lowest BCUT2D eigenvalue weighted by molar-refractivity contribution is 0.100. The van der Waals surface area contributed by atoms with Crippen molar-refractivity contribution in [1.82, 2.24) is 9.78 Å². The molecule has 0 bridgehead atoms. The molecule has 2 amide bonds. The van der Waals surface area contributed by atoms with Gasteiger partial charge in [-0.05, 0) is 43.7 Å². The summed E-state index contributed by atoms with van der Waals surface area (Å²) in [6, 6.07) is 18.8. The monoisotopic (exact) mass is 498 g/mol. The SMILES string of the molecule is CCn1nc(-c2ccccc2)c(-c2ccccc2)c(C(=O)Nc2sc3c(c2C(N)=O)CCCC3)c1=O. The largest absolute Gasteiger partial charge is 0.365 e. The van der Waals surface area contributed by atoms with Crippen molar-refractivity contribution in [1.29, 1.82) is 0 Å². The molecule has 0 spiro atoms. The summed E-state index contributed by atoms with van der Waals surface area (Å²) in [6.45, 7) is 2.11. The molecule has 1 aliphatic carbocycles. The van der Waals surface area contributed by atoms with Gasteiger partial charge in [-0.3, -0.25) is 14.4 Å². The third-order valence-corrected chi connectivity index (χ3v) is 7.64. The molecule has 0 saturated carbocycles. The summed E-state index contributed by atoms with van der Waals surface area (Å²) in [4.78, 5) is 40.9. The third kappa shape index (κ3) is 4.24. The summed E-state index contributed by atoms with van der Waals surface area (Å²) >= 11 is 1.37. The highest BCUT2D eigenvalue weighted by atomic mass is 32.1. The van der Waals surface area contributed by atoms with Crippen LogP contribution in [0.4, 0.5) is 5.00 Å². The van der Waals surface area contributed by atoms with Gasteiger partial charge in [-0.2, -0.15) is 5.10 Å². The second-order valence-electron chi connectivity index (χ2n) is 8.68. The van der Waals surface area contributed by atoms with E-state index in [1.807, 2.05) is 67.6 Å². The number of aryl methyl sites for hydroxylation is 2. The molecule has 36 heavy (non-hydrogen) atoms. The van der Waals surface area contributed by atoms with Crippen molar-refractivity contribution in [3.05, 3.63) is 92.6 Å². The number of primary amides is 1. The predicted molar refractivity (Wildman–Crippen MR) is 142 cm³/mol. The quantitative estimate of drug-likeness (QED) is 0.395. The molecule has 2 aromatic carbocycles. The highest BCUT2D eigenvalue weighted by Gasteiger charge is 2.29. The third-order valence-electron chi connectivity index (χ3n) is 6.44. The highest BCUT2D eigenvalue weighted by molar-refractivity contribution is 7.17. The molecule has 0 aliphatic heterocycles. The molecule has 182 valence electrons. The molecule has 3 N–H and O–H groups in total. The number of amides is 2. The van der Waals surface area contributed by atoms with Crippen LogP contribution in [0.1, 0.15) is 50.9 Å². The molecule has 1 aliphatic rings. The van der Waals surface area contributed by atoms with Gasteiger partial charge in [-0.15, -0.1) is 11.3 Å². The second-order valence-corrected chi connectivity index (χ2v) is 9.79. The van der Waals surface area contributed by atoms with E-state index in [4.69, 9.17) is 5.73 Å². The Morgan fingerprint density at radius 3 is 2.25 bits per heavy atom. The van der Waals surface area contributed by atoms with E-state index >= 15 is 0 Å². The number of nitrogens with zero attached hydrogens (tertiary/aromatic N) is 2. The van der Waals surface area contributed by atoms with Gasteiger partial charge in [0.05, 0.1) is 11.3 Å². The minimum atomic E-state index is -0.582. The number of hydrogen-bond acceptors (Lipinski definition) is 5. The molecule has 4 aromatic rings. The van der Waals surface area contributed by atoms with Crippen molar-refractivity contribution >= 4 is 28.2 Å². The van der Waals surface area contributed by atoms with E-state index in [1.54, 1.807) is 0 Å². The standard InChI is InChI=1S/C28H26N4O3S/c1-2-32-28(35)23(26(34)30-27-22(25(29)33)19-15-9-10-16-20(19)36-27)21(17-11-5-3-6-12-17)24(31-32)18-13-7-4-8-14-18/h3-8,11-14H,2,9-10,15-16H2,1H3,(H2,29,33)(H,30,34). The number of fused-ring (bicyclic) bond motifs is 1. The smallest absolute Gasteiger partial charge is 0.280 e. The molecule has 2 heterocycles. The lowest BCUT2D eigenvalue weighted by Crippen LogP contribution is -2.32. The predicted octanol–water partition coefficient (Wildman–Crippen LogP) is 4.89. The molecule has 0 unspecified atom stereocenters. The number of anilines is 1. The van der Waals surface area contributed by atoms with Crippen LogP contribution in [-0.4, -0.2) is 21.6 Å². The van der Waals surface area contributed by atoms with Crippen LogP contribution >= 0.6 is 11.3 Å². The molecule has 0 fully saturated rings. The van der Waals surface area contributed by atoms with Crippen LogP contribution in [0.15, 0.2) is 65.5 Å². The van der Waals surface area contributed by atoms with E-state index in [9.17, 15) is 14.4 Å². The number of thiophene rings is 1. The highest BCUT2D eigenvalue weighted by Crippen LogP contribution is 2.39. The Bertz CT molecular complexity index is 1510. The van der Waals surface area contributed by atoms with Crippen LogP contribution in [-0.2, 0) is 19.4 Å². The Hall–Kier alpha value is -4.04. The van der Waals surface area contributed by atoms with Gasteiger partial charge in [0.1, 0.15) is 10.6 Å². The first-order chi connectivity index (χ1) is 17.5. The molecule has 0 saturated heterocycles. The minimum absolute atomic E-state index is 0.0151. The lowest BCUT2D eigenvalue weighted by Gasteiger charge is -2.17. The summed E-state index contributed by atoms with van der Waals surface area (Å²) < 4.78 is 1.30. The summed E-state index contributed by atoms with van der Waals surface area (Å²) in [5.41, 5.74) is 8.99. The average molecular weight is 499 g/mol. The number of carbonyl (C=O) groups excluding carboxylic acids is 2. The van der Waals surface area contributed by atoms with Crippen molar-refractivity contribution in [2.24, 2.45) is 5.73 Å². The Labute approximate surface area is 212 Å². The van der Waals surface area contributed by atoms with Crippen LogP contribution < -0.4 is 16.6 Å². The molecular weight excluding hydrogens is 472 g/mol. The van der Waals surface area contributed by atoms with Gasteiger partial charge in [-0.25, -0.2) is 4.68 Å². The molecule has 0 atom stereocenters. The first-order valence-corrected chi connectivity index (χ1v) is 12.8. The molecular formula is C28H26N4O3S. The van der Waals surface area contributed by atoms with Crippen LogP contribution in [0, 0.1) is 0 Å². The van der Waals surface area contributed by atoms with Crippen molar-refractivity contribution in [2.75, 3.05) is 5.32 Å². The maximum atomic E-state index is 13.9. The Morgan fingerprint density at radius 2 is 1.61 bits per heavy atom. The van der Waals surface area contributed by atoms with Gasteiger partial charge >= 0.3 is 0 Å². The number of rotatable bonds is 6. The van der Waals surface area contributed by atoms with Gasteiger partial charge in [0, 0.05) is 22.5 Å². The van der Waals surface area contributed by atoms with E-state index in [2.05, 4.69) is 10.4 Å². The number of benzene rings is 2. The van der Waals surface area contributed by atoms with E-state index in [0.717, 1.165) is 41.7 Å². The van der Waals surface area contributed by atoms with Crippen LogP contribution in [0.5, 0.6) is 0 Å². The fourth-order valence-electron chi connectivity index (χ4n) is 4.76. The first-order valence-electron chi connectivity index (χ1n) is 12.0. The zero-order chi connectivity index (χ0) is 25.2. The zero-order valence-corrected chi connectivity index (χ0v) is 20.7. The van der Waals surface area contributed by atoms with Crippen LogP contribution in [0.25, 0.3) is 22.4 Å². The Balaban J connectivity index is 1.72. The van der Waals surface area contributed by atoms with E-state index in [-0.39, 0.29) is 5.56 Å². The van der Waals surface area contributed by atoms with Crippen molar-refractivity contribution in [3.63, 3.8) is 0 Å². The van der Waals surface area contributed by atoms with Gasteiger partial charge in [0.25, 0.3) is 17.4 Å². The number of nitrogens with one attached hydrogen (secondary N) is 1. The van der Waals surface area contributed by atoms with E-state index < -0.39 is 17.4 Å². The van der Waals surface area contributed by atoms with E-state index in [1.165, 1.54) is 16.0 Å². The summed E-state index contributed by atoms with van der Waals surface area (Å²) in [5.74, 6) is -1.15. The fraction of sp³-hybridized carbons (Fsp3) is 0.214. The topological polar surface area (TPSA) is 107 Å². The summed E-state index contributed by atoms with van der Waals surface area (Å²) in [5, 5.41) is 7.92. The minimum Gasteiger partial charge on any atom is -0.365 e. The van der Waals surface area contributed by atoms with Crippen molar-refractivity contribution in [3.8, 4) is 22.4 Å². The number of aromatic nitrogens is 2.